The lowest BCUT2D eigenvalue weighted by molar-refractivity contribution is 0.687. The van der Waals surface area contributed by atoms with Crippen LogP contribution < -0.4 is 20.7 Å². The molecule has 0 aliphatic rings. The number of hydrogen-bond acceptors (Lipinski definition) is 0. The predicted molar refractivity (Wildman–Crippen MR) is 409 cm³/mol. The highest BCUT2D eigenvalue weighted by atomic mass is 28.3. The molecule has 0 atom stereocenters. The molecule has 0 spiro atoms. The Hall–Kier alpha value is -4.79. The van der Waals surface area contributed by atoms with Crippen LogP contribution in [0.25, 0.3) is 0 Å². The summed E-state index contributed by atoms with van der Waals surface area (Å²) >= 11 is 0. The van der Waals surface area contributed by atoms with Gasteiger partial charge in [0.25, 0.3) is 0 Å². The zero-order chi connectivity index (χ0) is 63.9. The molecule has 0 saturated heterocycles. The molecule has 4 radical (unpaired) electrons. The minimum Gasteiger partial charge on any atom is -0.0654 e. The molecule has 0 unspecified atom stereocenters. The Labute approximate surface area is 562 Å². The summed E-state index contributed by atoms with van der Waals surface area (Å²) in [6.07, 6.45) is 42.3. The molecule has 4 heteroatoms. The van der Waals surface area contributed by atoms with Gasteiger partial charge in [0.2, 0.25) is 0 Å². The van der Waals surface area contributed by atoms with Gasteiger partial charge in [-0.05, 0) is 93.5 Å². The van der Waals surface area contributed by atoms with Gasteiger partial charge >= 0.3 is 0 Å². The highest BCUT2D eigenvalue weighted by Crippen LogP contribution is 2.22. The Bertz CT molecular complexity index is 2700. The zero-order valence-corrected chi connectivity index (χ0v) is 62.7. The molecule has 5 rings (SSSR count). The normalized spacial score (nSPS) is 11.2. The van der Waals surface area contributed by atoms with Gasteiger partial charge < -0.3 is 0 Å². The Morgan fingerprint density at radius 2 is 0.400 bits per heavy atom. The van der Waals surface area contributed by atoms with E-state index in [0.717, 1.165) is 22.3 Å². The van der Waals surface area contributed by atoms with Gasteiger partial charge in [-0.2, -0.15) is 0 Å². The van der Waals surface area contributed by atoms with Gasteiger partial charge in [0.1, 0.15) is 0 Å². The van der Waals surface area contributed by atoms with Crippen LogP contribution in [0.15, 0.2) is 109 Å². The van der Waals surface area contributed by atoms with Crippen molar-refractivity contribution in [1.29, 1.82) is 0 Å². The van der Waals surface area contributed by atoms with E-state index >= 15 is 0 Å². The average Bonchev–Trinajstić information content (AvgIpc) is 1.51. The molecule has 0 fully saturated rings. The lowest BCUT2D eigenvalue weighted by Gasteiger charge is -2.23. The van der Waals surface area contributed by atoms with Crippen LogP contribution in [0.2, 0.25) is 48.4 Å². The third kappa shape index (κ3) is 29.9. The number of unbranched alkanes of at least 4 members (excludes halogenated alkanes) is 24. The molecule has 0 aliphatic carbocycles. The largest absolute Gasteiger partial charge is 0.0873 e. The summed E-state index contributed by atoms with van der Waals surface area (Å²) in [5, 5.41) is 6.19. The standard InChI is InChI=1S/C86H122Si4/c1-9-17-25-37-65-87(66-38-26-18-10-2)83-47-35-33-45-79(83)61-57-75-49-53-77(54-50-75)59-63-81-73-86(90(71-43-31-23-15-7)72-44-32-24-16-8)82(74-85(81)89(69-41-29-21-13-5)70-42-30-22-14-6)64-60-78-55-51-76(52-56-78)58-62-80-46-34-36-48-84(80)88(67-39-27-19-11-3)68-40-28-20-12-4/h33-36,45-56,73-74H,9-32,37-44,65-72H2,1-8H3. The van der Waals surface area contributed by atoms with Crippen LogP contribution in [0.4, 0.5) is 0 Å². The van der Waals surface area contributed by atoms with Crippen LogP contribution in [0.3, 0.4) is 0 Å². The summed E-state index contributed by atoms with van der Waals surface area (Å²) in [6, 6.07) is 52.1. The van der Waals surface area contributed by atoms with Crippen LogP contribution in [-0.2, 0) is 0 Å². The second kappa shape index (κ2) is 48.9. The van der Waals surface area contributed by atoms with E-state index in [2.05, 4.69) is 212 Å². The maximum Gasteiger partial charge on any atom is 0.0873 e. The fourth-order valence-electron chi connectivity index (χ4n) is 12.7. The molecule has 482 valence electrons. The maximum absolute atomic E-state index is 3.97. The summed E-state index contributed by atoms with van der Waals surface area (Å²) in [4.78, 5) is 0. The second-order valence-electron chi connectivity index (χ2n) is 26.1. The summed E-state index contributed by atoms with van der Waals surface area (Å²) in [7, 11) is -3.19. The van der Waals surface area contributed by atoms with E-state index in [0.29, 0.717) is 0 Å². The first kappa shape index (κ1) is 75.9. The number of hydrogen-bond donors (Lipinski definition) is 0. The van der Waals surface area contributed by atoms with Crippen molar-refractivity contribution >= 4 is 55.9 Å². The van der Waals surface area contributed by atoms with E-state index in [1.807, 2.05) is 0 Å². The van der Waals surface area contributed by atoms with Crippen molar-refractivity contribution < 1.29 is 0 Å². The summed E-state index contributed by atoms with van der Waals surface area (Å²) in [5.74, 6) is 30.2. The smallest absolute Gasteiger partial charge is 0.0654 e. The molecule has 0 bridgehead atoms. The Morgan fingerprint density at radius 3 is 0.622 bits per heavy atom. The van der Waals surface area contributed by atoms with E-state index in [1.165, 1.54) is 276 Å². The summed E-state index contributed by atoms with van der Waals surface area (Å²) in [5.41, 5.74) is 9.38. The molecule has 0 aromatic heterocycles. The van der Waals surface area contributed by atoms with Crippen molar-refractivity contribution in [2.24, 2.45) is 0 Å². The van der Waals surface area contributed by atoms with Gasteiger partial charge in [-0.3, -0.25) is 0 Å². The Kier molecular flexibility index (Phi) is 41.2. The van der Waals surface area contributed by atoms with Crippen molar-refractivity contribution in [3.8, 4) is 47.4 Å². The van der Waals surface area contributed by atoms with Gasteiger partial charge in [0.15, 0.2) is 0 Å². The van der Waals surface area contributed by atoms with Crippen molar-refractivity contribution in [2.75, 3.05) is 0 Å². The van der Waals surface area contributed by atoms with E-state index in [4.69, 9.17) is 0 Å². The first-order valence-electron chi connectivity index (χ1n) is 37.4. The lowest BCUT2D eigenvalue weighted by atomic mass is 10.1. The SMILES string of the molecule is CCCCCC[Si](CCCCCC)c1ccccc1C#Cc1ccc(C#Cc2cc([Si](CCCCCC)CCCCCC)c(C#Cc3ccc(C#Cc4ccccc4[Si](CCCCCC)CCCCCC)cc3)cc2[Si](CCCCCC)CCCCCC)cc1. The molecule has 90 heavy (non-hydrogen) atoms. The third-order valence-corrected chi connectivity index (χ3v) is 30.7. The molecule has 0 saturated carbocycles. The Balaban J connectivity index is 1.58. The highest BCUT2D eigenvalue weighted by Gasteiger charge is 2.24. The Morgan fingerprint density at radius 1 is 0.200 bits per heavy atom. The summed E-state index contributed by atoms with van der Waals surface area (Å²) < 4.78 is 0. The fourth-order valence-corrected chi connectivity index (χ4v) is 24.7. The molecule has 0 amide bonds. The van der Waals surface area contributed by atoms with Crippen LogP contribution in [0.1, 0.15) is 305 Å². The number of benzene rings is 5. The van der Waals surface area contributed by atoms with Gasteiger partial charge in [-0.15, -0.1) is 0 Å². The quantitative estimate of drug-likeness (QED) is 0.0207. The molecule has 0 heterocycles. The molecular formula is C86H122Si4. The fraction of sp³-hybridized carbons (Fsp3) is 0.558. The molecule has 0 aliphatic heterocycles. The van der Waals surface area contributed by atoms with Crippen molar-refractivity contribution in [3.05, 3.63) is 154 Å². The average molecular weight is 1270 g/mol. The van der Waals surface area contributed by atoms with Crippen LogP contribution in [0, 0.1) is 47.4 Å². The van der Waals surface area contributed by atoms with Crippen LogP contribution in [0.5, 0.6) is 0 Å². The predicted octanol–water partition coefficient (Wildman–Crippen LogP) is 22.7. The van der Waals surface area contributed by atoms with E-state index in [1.54, 1.807) is 20.7 Å². The maximum atomic E-state index is 3.97. The topological polar surface area (TPSA) is 0 Å². The van der Waals surface area contributed by atoms with Gasteiger partial charge in [0, 0.05) is 44.5 Å². The van der Waals surface area contributed by atoms with Crippen molar-refractivity contribution in [2.45, 2.75) is 309 Å². The van der Waals surface area contributed by atoms with Crippen molar-refractivity contribution in [3.63, 3.8) is 0 Å². The first-order valence-corrected chi connectivity index (χ1v) is 45.1. The molecule has 0 N–H and O–H groups in total. The molecular weight excluding hydrogens is 1150 g/mol. The minimum absolute atomic E-state index is 0.671. The van der Waals surface area contributed by atoms with E-state index < -0.39 is 35.2 Å². The zero-order valence-electron chi connectivity index (χ0n) is 58.7. The van der Waals surface area contributed by atoms with Gasteiger partial charge in [-0.1, -0.05) is 393 Å². The van der Waals surface area contributed by atoms with E-state index in [-0.39, 0.29) is 0 Å². The molecule has 5 aromatic carbocycles. The van der Waals surface area contributed by atoms with Crippen LogP contribution >= 0.6 is 0 Å². The van der Waals surface area contributed by atoms with E-state index in [9.17, 15) is 0 Å². The van der Waals surface area contributed by atoms with Gasteiger partial charge in [-0.25, -0.2) is 0 Å². The molecule has 5 aromatic rings. The van der Waals surface area contributed by atoms with Crippen LogP contribution in [-0.4, -0.2) is 35.2 Å². The number of rotatable bonds is 44. The minimum atomic E-state index is -0.921. The van der Waals surface area contributed by atoms with Gasteiger partial charge in [0.05, 0.1) is 35.2 Å². The highest BCUT2D eigenvalue weighted by molar-refractivity contribution is 6.76. The van der Waals surface area contributed by atoms with Crippen molar-refractivity contribution in [1.82, 2.24) is 0 Å². The second-order valence-corrected chi connectivity index (χ2v) is 37.1. The lowest BCUT2D eigenvalue weighted by Crippen LogP contribution is -2.39. The third-order valence-electron chi connectivity index (χ3n) is 18.3. The summed E-state index contributed by atoms with van der Waals surface area (Å²) in [6.45, 7) is 18.7. The first-order chi connectivity index (χ1) is 44.4. The molecule has 0 nitrogen and oxygen atoms in total. The monoisotopic (exact) mass is 1270 g/mol.